The van der Waals surface area contributed by atoms with Crippen molar-refractivity contribution < 1.29 is 4.79 Å². The van der Waals surface area contributed by atoms with Crippen LogP contribution in [0.1, 0.15) is 17.5 Å². The van der Waals surface area contributed by atoms with E-state index < -0.39 is 0 Å². The number of anilines is 1. The van der Waals surface area contributed by atoms with Crippen LogP contribution in [-0.4, -0.2) is 41.6 Å². The molecule has 0 atom stereocenters. The predicted octanol–water partition coefficient (Wildman–Crippen LogP) is 3.77. The third-order valence-corrected chi connectivity index (χ3v) is 5.58. The van der Waals surface area contributed by atoms with Gasteiger partial charge in [0.15, 0.2) is 0 Å². The van der Waals surface area contributed by atoms with Gasteiger partial charge in [-0.1, -0.05) is 24.3 Å². The van der Waals surface area contributed by atoms with Gasteiger partial charge in [0.1, 0.15) is 0 Å². The fraction of sp³-hybridized carbons (Fsp3) is 0.348. The van der Waals surface area contributed by atoms with Gasteiger partial charge in [0, 0.05) is 57.0 Å². The molecule has 0 unspecified atom stereocenters. The van der Waals surface area contributed by atoms with Crippen molar-refractivity contribution in [2.75, 3.05) is 31.1 Å². The van der Waals surface area contributed by atoms with E-state index >= 15 is 0 Å². The molecule has 3 aromatic rings. The van der Waals surface area contributed by atoms with Gasteiger partial charge < -0.3 is 14.4 Å². The molecule has 2 heterocycles. The van der Waals surface area contributed by atoms with Gasteiger partial charge in [0.2, 0.25) is 5.91 Å². The number of fused-ring (bicyclic) bond motifs is 1. The Balaban J connectivity index is 1.32. The first kappa shape index (κ1) is 17.7. The number of benzene rings is 2. The van der Waals surface area contributed by atoms with Crippen LogP contribution in [0.2, 0.25) is 0 Å². The summed E-state index contributed by atoms with van der Waals surface area (Å²) < 4.78 is 2.13. The van der Waals surface area contributed by atoms with Crippen molar-refractivity contribution in [1.82, 2.24) is 9.47 Å². The fourth-order valence-corrected chi connectivity index (χ4v) is 3.91. The van der Waals surface area contributed by atoms with Gasteiger partial charge in [-0.2, -0.15) is 0 Å². The van der Waals surface area contributed by atoms with Crippen LogP contribution in [0, 0.1) is 6.92 Å². The second-order valence-electron chi connectivity index (χ2n) is 7.53. The molecule has 27 heavy (non-hydrogen) atoms. The minimum atomic E-state index is 0.269. The average molecular weight is 361 g/mol. The minimum Gasteiger partial charge on any atom is -0.368 e. The van der Waals surface area contributed by atoms with Crippen molar-refractivity contribution in [1.29, 1.82) is 0 Å². The van der Waals surface area contributed by atoms with Crippen LogP contribution < -0.4 is 4.90 Å². The molecule has 1 aromatic heterocycles. The molecule has 1 aliphatic heterocycles. The van der Waals surface area contributed by atoms with Crippen molar-refractivity contribution in [2.24, 2.45) is 7.05 Å². The molecule has 0 radical (unpaired) electrons. The number of nitrogens with zero attached hydrogens (tertiary/aromatic N) is 3. The zero-order chi connectivity index (χ0) is 18.8. The van der Waals surface area contributed by atoms with E-state index in [-0.39, 0.29) is 5.91 Å². The van der Waals surface area contributed by atoms with Gasteiger partial charge >= 0.3 is 0 Å². The maximum absolute atomic E-state index is 12.7. The Morgan fingerprint density at radius 1 is 1.00 bits per heavy atom. The summed E-state index contributed by atoms with van der Waals surface area (Å²) in [5, 5.41) is 1.25. The van der Waals surface area contributed by atoms with E-state index in [1.165, 1.54) is 27.7 Å². The summed E-state index contributed by atoms with van der Waals surface area (Å²) in [7, 11) is 2.06. The van der Waals surface area contributed by atoms with Crippen LogP contribution >= 0.6 is 0 Å². The molecule has 1 saturated heterocycles. The highest BCUT2D eigenvalue weighted by atomic mass is 16.2. The van der Waals surface area contributed by atoms with Crippen molar-refractivity contribution in [2.45, 2.75) is 19.8 Å². The van der Waals surface area contributed by atoms with Crippen LogP contribution in [0.3, 0.4) is 0 Å². The molecule has 1 fully saturated rings. The smallest absolute Gasteiger partial charge is 0.223 e. The predicted molar refractivity (Wildman–Crippen MR) is 111 cm³/mol. The number of aromatic nitrogens is 1. The second-order valence-corrected chi connectivity index (χ2v) is 7.53. The Morgan fingerprint density at radius 2 is 1.81 bits per heavy atom. The number of aryl methyl sites for hydroxylation is 3. The van der Waals surface area contributed by atoms with Gasteiger partial charge in [0.05, 0.1) is 0 Å². The van der Waals surface area contributed by atoms with Crippen LogP contribution in [-0.2, 0) is 18.3 Å². The van der Waals surface area contributed by atoms with Gasteiger partial charge in [0.25, 0.3) is 0 Å². The lowest BCUT2D eigenvalue weighted by Gasteiger charge is -2.36. The number of rotatable bonds is 4. The van der Waals surface area contributed by atoms with Crippen LogP contribution in [0.15, 0.2) is 54.7 Å². The Hall–Kier alpha value is -2.75. The number of hydrogen-bond donors (Lipinski definition) is 0. The third-order valence-electron chi connectivity index (χ3n) is 5.58. The summed E-state index contributed by atoms with van der Waals surface area (Å²) in [4.78, 5) is 17.0. The van der Waals surface area contributed by atoms with Crippen molar-refractivity contribution >= 4 is 22.5 Å². The Labute approximate surface area is 161 Å². The molecule has 1 amide bonds. The van der Waals surface area contributed by atoms with Crippen molar-refractivity contribution in [3.63, 3.8) is 0 Å². The van der Waals surface area contributed by atoms with Crippen molar-refractivity contribution in [3.8, 4) is 0 Å². The minimum absolute atomic E-state index is 0.269. The molecule has 140 valence electrons. The highest BCUT2D eigenvalue weighted by Crippen LogP contribution is 2.20. The maximum atomic E-state index is 12.7. The first-order valence-electron chi connectivity index (χ1n) is 9.73. The number of carbonyl (C=O) groups is 1. The molecule has 1 aliphatic rings. The summed E-state index contributed by atoms with van der Waals surface area (Å²) in [6.45, 7) is 5.55. The summed E-state index contributed by atoms with van der Waals surface area (Å²) in [5.41, 5.74) is 5.00. The summed E-state index contributed by atoms with van der Waals surface area (Å²) in [5.74, 6) is 0.269. The van der Waals surface area contributed by atoms with E-state index in [0.717, 1.165) is 32.6 Å². The number of carbonyl (C=O) groups excluding carboxylic acids is 1. The fourth-order valence-electron chi connectivity index (χ4n) is 3.91. The molecule has 0 bridgehead atoms. The Morgan fingerprint density at radius 3 is 2.59 bits per heavy atom. The Bertz CT molecular complexity index is 951. The van der Waals surface area contributed by atoms with E-state index in [9.17, 15) is 4.79 Å². The monoisotopic (exact) mass is 361 g/mol. The number of piperazine rings is 1. The molecule has 4 heteroatoms. The SMILES string of the molecule is Cc1cccc(N2CCN(C(=O)CCc3ccc4ccn(C)c4c3)CC2)c1. The number of hydrogen-bond acceptors (Lipinski definition) is 2. The molecular formula is C23H27N3O. The van der Waals surface area contributed by atoms with Crippen LogP contribution in [0.5, 0.6) is 0 Å². The first-order chi connectivity index (χ1) is 13.1. The number of amides is 1. The lowest BCUT2D eigenvalue weighted by atomic mass is 10.1. The van der Waals surface area contributed by atoms with E-state index in [4.69, 9.17) is 0 Å². The highest BCUT2D eigenvalue weighted by Gasteiger charge is 2.21. The maximum Gasteiger partial charge on any atom is 0.223 e. The molecule has 4 rings (SSSR count). The third kappa shape index (κ3) is 3.85. The molecule has 0 spiro atoms. The topological polar surface area (TPSA) is 28.5 Å². The molecule has 2 aromatic carbocycles. The highest BCUT2D eigenvalue weighted by molar-refractivity contribution is 5.81. The summed E-state index contributed by atoms with van der Waals surface area (Å²) in [6, 6.07) is 17.2. The normalized spacial score (nSPS) is 14.7. The zero-order valence-corrected chi connectivity index (χ0v) is 16.2. The van der Waals surface area contributed by atoms with Crippen LogP contribution in [0.25, 0.3) is 10.9 Å². The lowest BCUT2D eigenvalue weighted by molar-refractivity contribution is -0.131. The van der Waals surface area contributed by atoms with Gasteiger partial charge in [-0.15, -0.1) is 0 Å². The van der Waals surface area contributed by atoms with Gasteiger partial charge in [-0.3, -0.25) is 4.79 Å². The van der Waals surface area contributed by atoms with E-state index in [0.29, 0.717) is 6.42 Å². The van der Waals surface area contributed by atoms with Crippen molar-refractivity contribution in [3.05, 3.63) is 65.9 Å². The molecule has 0 N–H and O–H groups in total. The van der Waals surface area contributed by atoms with Gasteiger partial charge in [-0.25, -0.2) is 0 Å². The molecule has 0 aliphatic carbocycles. The lowest BCUT2D eigenvalue weighted by Crippen LogP contribution is -2.48. The zero-order valence-electron chi connectivity index (χ0n) is 16.2. The van der Waals surface area contributed by atoms with E-state index in [2.05, 4.69) is 78.2 Å². The molecule has 0 saturated carbocycles. The second kappa shape index (κ2) is 7.47. The van der Waals surface area contributed by atoms with Crippen LogP contribution in [0.4, 0.5) is 5.69 Å². The quantitative estimate of drug-likeness (QED) is 0.708. The largest absolute Gasteiger partial charge is 0.368 e. The van der Waals surface area contributed by atoms with E-state index in [1.54, 1.807) is 0 Å². The summed E-state index contributed by atoms with van der Waals surface area (Å²) in [6.07, 6.45) is 3.46. The van der Waals surface area contributed by atoms with E-state index in [1.807, 2.05) is 4.90 Å². The first-order valence-corrected chi connectivity index (χ1v) is 9.73. The Kier molecular flexibility index (Phi) is 4.88. The average Bonchev–Trinajstić information content (AvgIpc) is 3.07. The molecule has 4 nitrogen and oxygen atoms in total. The van der Waals surface area contributed by atoms with Gasteiger partial charge in [-0.05, 0) is 54.1 Å². The molecular weight excluding hydrogens is 334 g/mol. The standard InChI is InChI=1S/C23H27N3O/c1-18-4-3-5-21(16-18)25-12-14-26(15-13-25)23(27)9-7-19-6-8-20-10-11-24(2)22(20)17-19/h3-6,8,10-11,16-17H,7,9,12-15H2,1-2H3. The summed E-state index contributed by atoms with van der Waals surface area (Å²) >= 11 is 0.